The maximum absolute atomic E-state index is 6.07. The van der Waals surface area contributed by atoms with Gasteiger partial charge in [0.2, 0.25) is 0 Å². The van der Waals surface area contributed by atoms with E-state index in [1.54, 1.807) is 0 Å². The summed E-state index contributed by atoms with van der Waals surface area (Å²) in [5, 5.41) is 0.918. The van der Waals surface area contributed by atoms with Crippen LogP contribution in [0.1, 0.15) is 28.4 Å². The number of fused-ring (bicyclic) bond motifs is 1. The third-order valence-electron chi connectivity index (χ3n) is 3.46. The summed E-state index contributed by atoms with van der Waals surface area (Å²) in [7, 11) is 0. The van der Waals surface area contributed by atoms with Gasteiger partial charge in [-0.1, -0.05) is 47.5 Å². The number of benzene rings is 1. The van der Waals surface area contributed by atoms with Crippen LogP contribution in [0, 0.1) is 6.92 Å². The smallest absolute Gasteiger partial charge is 0.137 e. The van der Waals surface area contributed by atoms with E-state index in [2.05, 4.69) is 34.2 Å². The van der Waals surface area contributed by atoms with Crippen molar-refractivity contribution < 1.29 is 0 Å². The molecule has 0 radical (unpaired) electrons. The molecule has 0 amide bonds. The molecule has 1 heterocycles. The van der Waals surface area contributed by atoms with E-state index in [9.17, 15) is 0 Å². The Morgan fingerprint density at radius 1 is 1.00 bits per heavy atom. The predicted octanol–water partition coefficient (Wildman–Crippen LogP) is 3.97. The van der Waals surface area contributed by atoms with Crippen LogP contribution in [0.5, 0.6) is 0 Å². The second kappa shape index (κ2) is 4.52. The van der Waals surface area contributed by atoms with Crippen LogP contribution in [-0.4, -0.2) is 9.97 Å². The lowest BCUT2D eigenvalue weighted by atomic mass is 10.1. The summed E-state index contributed by atoms with van der Waals surface area (Å²) in [6.45, 7) is 1.83. The Morgan fingerprint density at radius 2 is 1.50 bits per heavy atom. The van der Waals surface area contributed by atoms with Gasteiger partial charge in [-0.05, 0) is 30.9 Å². The highest BCUT2D eigenvalue weighted by Gasteiger charge is 2.25. The zero-order valence-corrected chi connectivity index (χ0v) is 11.5. The number of hydrogen-bond acceptors (Lipinski definition) is 2. The van der Waals surface area contributed by atoms with Crippen molar-refractivity contribution in [3.05, 3.63) is 57.1 Å². The normalized spacial score (nSPS) is 14.8. The molecule has 0 saturated heterocycles. The fraction of sp³-hybridized carbons (Fsp3) is 0.286. The van der Waals surface area contributed by atoms with E-state index in [0.717, 1.165) is 24.2 Å². The largest absolute Gasteiger partial charge is 0.221 e. The molecule has 1 aliphatic rings. The minimum Gasteiger partial charge on any atom is -0.221 e. The van der Waals surface area contributed by atoms with E-state index in [0.29, 0.717) is 10.3 Å². The molecular weight excluding hydrogens is 267 g/mol. The van der Waals surface area contributed by atoms with Crippen molar-refractivity contribution in [1.29, 1.82) is 0 Å². The van der Waals surface area contributed by atoms with Crippen LogP contribution in [0.2, 0.25) is 10.3 Å². The fourth-order valence-electron chi connectivity index (χ4n) is 2.40. The highest BCUT2D eigenvalue weighted by atomic mass is 35.5. The van der Waals surface area contributed by atoms with Crippen LogP contribution in [0.15, 0.2) is 24.3 Å². The van der Waals surface area contributed by atoms with Crippen LogP contribution >= 0.6 is 23.2 Å². The van der Waals surface area contributed by atoms with Gasteiger partial charge in [-0.15, -0.1) is 0 Å². The number of aromatic nitrogens is 2. The van der Waals surface area contributed by atoms with Gasteiger partial charge in [0, 0.05) is 11.5 Å². The molecule has 0 N–H and O–H groups in total. The number of hydrogen-bond donors (Lipinski definition) is 0. The molecule has 0 unspecified atom stereocenters. The van der Waals surface area contributed by atoms with Gasteiger partial charge >= 0.3 is 0 Å². The topological polar surface area (TPSA) is 25.8 Å². The van der Waals surface area contributed by atoms with Crippen molar-refractivity contribution in [3.8, 4) is 0 Å². The first-order chi connectivity index (χ1) is 8.65. The Morgan fingerprint density at radius 3 is 2.00 bits per heavy atom. The highest BCUT2D eigenvalue weighted by molar-refractivity contribution is 6.34. The minimum absolute atomic E-state index is 0.290. The highest BCUT2D eigenvalue weighted by Crippen LogP contribution is 2.33. The lowest BCUT2D eigenvalue weighted by molar-refractivity contribution is 0.681. The van der Waals surface area contributed by atoms with Gasteiger partial charge in [-0.3, -0.25) is 0 Å². The summed E-state index contributed by atoms with van der Waals surface area (Å²) < 4.78 is 0. The molecule has 2 nitrogen and oxygen atoms in total. The average Bonchev–Trinajstić information content (AvgIpc) is 2.79. The zero-order valence-electron chi connectivity index (χ0n) is 9.95. The molecule has 3 rings (SSSR count). The minimum atomic E-state index is 0.290. The quantitative estimate of drug-likeness (QED) is 0.738. The SMILES string of the molecule is Cc1c(Cl)nc(C2Cc3ccccc3C2)nc1Cl. The average molecular weight is 279 g/mol. The first-order valence-corrected chi connectivity index (χ1v) is 6.67. The predicted molar refractivity (Wildman–Crippen MR) is 73.4 cm³/mol. The van der Waals surface area contributed by atoms with Gasteiger partial charge in [0.05, 0.1) is 0 Å². The van der Waals surface area contributed by atoms with Crippen LogP contribution < -0.4 is 0 Å². The van der Waals surface area contributed by atoms with Gasteiger partial charge in [0.15, 0.2) is 0 Å². The molecule has 0 atom stereocenters. The maximum atomic E-state index is 6.07. The van der Waals surface area contributed by atoms with E-state index in [1.807, 2.05) is 6.92 Å². The Labute approximate surface area is 116 Å². The molecule has 0 aliphatic heterocycles. The summed E-state index contributed by atoms with van der Waals surface area (Å²) in [5.41, 5.74) is 3.50. The molecule has 92 valence electrons. The van der Waals surface area contributed by atoms with Crippen LogP contribution in [0.3, 0.4) is 0 Å². The number of halogens is 2. The summed E-state index contributed by atoms with van der Waals surface area (Å²) in [4.78, 5) is 8.74. The first kappa shape index (κ1) is 11.9. The second-order valence-corrected chi connectivity index (χ2v) is 5.38. The second-order valence-electron chi connectivity index (χ2n) is 4.66. The van der Waals surface area contributed by atoms with Crippen molar-refractivity contribution >= 4 is 23.2 Å². The lowest BCUT2D eigenvalue weighted by Gasteiger charge is -2.09. The van der Waals surface area contributed by atoms with E-state index in [-0.39, 0.29) is 5.92 Å². The van der Waals surface area contributed by atoms with E-state index < -0.39 is 0 Å². The monoisotopic (exact) mass is 278 g/mol. The molecule has 0 fully saturated rings. The maximum Gasteiger partial charge on any atom is 0.137 e. The summed E-state index contributed by atoms with van der Waals surface area (Å²) >= 11 is 12.1. The number of rotatable bonds is 1. The van der Waals surface area contributed by atoms with Crippen molar-refractivity contribution in [2.75, 3.05) is 0 Å². The Kier molecular flexibility index (Phi) is 3.00. The number of nitrogens with zero attached hydrogens (tertiary/aromatic N) is 2. The zero-order chi connectivity index (χ0) is 12.7. The summed E-state index contributed by atoms with van der Waals surface area (Å²) in [6.07, 6.45) is 1.93. The molecule has 0 bridgehead atoms. The molecule has 2 aromatic rings. The van der Waals surface area contributed by atoms with E-state index >= 15 is 0 Å². The van der Waals surface area contributed by atoms with Crippen molar-refractivity contribution in [2.24, 2.45) is 0 Å². The van der Waals surface area contributed by atoms with Crippen molar-refractivity contribution in [2.45, 2.75) is 25.7 Å². The third-order valence-corrected chi connectivity index (χ3v) is 4.20. The van der Waals surface area contributed by atoms with Gasteiger partial charge < -0.3 is 0 Å². The van der Waals surface area contributed by atoms with E-state index in [1.165, 1.54) is 11.1 Å². The lowest BCUT2D eigenvalue weighted by Crippen LogP contribution is -2.06. The molecule has 0 saturated carbocycles. The third kappa shape index (κ3) is 2.00. The molecule has 1 aliphatic carbocycles. The van der Waals surface area contributed by atoms with Crippen LogP contribution in [0.25, 0.3) is 0 Å². The molecule has 1 aromatic heterocycles. The fourth-order valence-corrected chi connectivity index (χ4v) is 2.80. The van der Waals surface area contributed by atoms with Gasteiger partial charge in [-0.25, -0.2) is 9.97 Å². The Hall–Kier alpha value is -1.12. The van der Waals surface area contributed by atoms with Crippen LogP contribution in [0.4, 0.5) is 0 Å². The van der Waals surface area contributed by atoms with Crippen molar-refractivity contribution in [1.82, 2.24) is 9.97 Å². The van der Waals surface area contributed by atoms with Gasteiger partial charge in [-0.2, -0.15) is 0 Å². The Bertz CT molecular complexity index is 562. The summed E-state index contributed by atoms with van der Waals surface area (Å²) in [5.74, 6) is 1.05. The molecule has 18 heavy (non-hydrogen) atoms. The van der Waals surface area contributed by atoms with Gasteiger partial charge in [0.25, 0.3) is 0 Å². The molecule has 1 aromatic carbocycles. The van der Waals surface area contributed by atoms with Gasteiger partial charge in [0.1, 0.15) is 16.1 Å². The van der Waals surface area contributed by atoms with Crippen LogP contribution in [-0.2, 0) is 12.8 Å². The molecular formula is C14H12Cl2N2. The van der Waals surface area contributed by atoms with E-state index in [4.69, 9.17) is 23.2 Å². The van der Waals surface area contributed by atoms with Crippen molar-refractivity contribution in [3.63, 3.8) is 0 Å². The summed E-state index contributed by atoms with van der Waals surface area (Å²) in [6, 6.07) is 8.45. The Balaban J connectivity index is 1.95. The first-order valence-electron chi connectivity index (χ1n) is 5.91. The molecule has 0 spiro atoms. The molecule has 4 heteroatoms. The standard InChI is InChI=1S/C14H12Cl2N2/c1-8-12(15)17-14(18-13(8)16)11-6-9-4-2-3-5-10(9)7-11/h2-5,11H,6-7H2,1H3.